The van der Waals surface area contributed by atoms with Crippen molar-refractivity contribution in [2.24, 2.45) is 5.92 Å². The van der Waals surface area contributed by atoms with Gasteiger partial charge in [0.05, 0.1) is 23.2 Å². The first-order chi connectivity index (χ1) is 16.6. The molecule has 2 amide bonds. The number of hydrogen-bond donors (Lipinski definition) is 1. The maximum Gasteiger partial charge on any atom is 0.416 e. The van der Waals surface area contributed by atoms with Gasteiger partial charge in [0.15, 0.2) is 0 Å². The van der Waals surface area contributed by atoms with Crippen molar-refractivity contribution in [2.75, 3.05) is 27.2 Å². The normalized spacial score (nSPS) is 19.5. The van der Waals surface area contributed by atoms with Gasteiger partial charge in [-0.2, -0.15) is 26.3 Å². The van der Waals surface area contributed by atoms with Crippen molar-refractivity contribution in [2.45, 2.75) is 44.7 Å². The number of rotatable bonds is 5. The first-order valence-electron chi connectivity index (χ1n) is 11.4. The molecule has 1 N–H and O–H groups in total. The Kier molecular flexibility index (Phi) is 7.92. The molecule has 198 valence electrons. The van der Waals surface area contributed by atoms with Gasteiger partial charge < -0.3 is 15.1 Å². The van der Waals surface area contributed by atoms with E-state index >= 15 is 0 Å². The number of hydrogen-bond acceptors (Lipinski definition) is 2. The van der Waals surface area contributed by atoms with Gasteiger partial charge in [0, 0.05) is 20.1 Å². The number of amides is 2. The zero-order chi connectivity index (χ0) is 27.0. The Morgan fingerprint density at radius 3 is 2.17 bits per heavy atom. The first-order valence-corrected chi connectivity index (χ1v) is 11.4. The summed E-state index contributed by atoms with van der Waals surface area (Å²) in [5, 5.41) is 3.08. The second kappa shape index (κ2) is 10.3. The maximum atomic E-state index is 13.7. The lowest BCUT2D eigenvalue weighted by molar-refractivity contribution is -0.143. The van der Waals surface area contributed by atoms with E-state index in [-0.39, 0.29) is 17.5 Å². The van der Waals surface area contributed by atoms with Crippen LogP contribution in [-0.4, -0.2) is 43.0 Å². The smallest absolute Gasteiger partial charge is 0.321 e. The summed E-state index contributed by atoms with van der Waals surface area (Å²) in [5.41, 5.74) is -1.77. The zero-order valence-corrected chi connectivity index (χ0v) is 20.3. The van der Waals surface area contributed by atoms with Crippen LogP contribution in [0, 0.1) is 18.7 Å². The lowest BCUT2D eigenvalue weighted by Crippen LogP contribution is -2.43. The van der Waals surface area contributed by atoms with Crippen molar-refractivity contribution < 1.29 is 35.5 Å². The van der Waals surface area contributed by atoms with E-state index in [0.717, 1.165) is 10.5 Å². The number of carbonyl (C=O) groups excluding carboxylic acids is 1. The Bertz CT molecular complexity index is 1070. The molecule has 36 heavy (non-hydrogen) atoms. The number of carbonyl (C=O) groups is 1. The van der Waals surface area contributed by atoms with Crippen LogP contribution in [-0.2, 0) is 12.4 Å². The van der Waals surface area contributed by atoms with Crippen LogP contribution < -0.4 is 5.32 Å². The molecule has 0 spiro atoms. The lowest BCUT2D eigenvalue weighted by atomic mass is 9.90. The van der Waals surface area contributed by atoms with Gasteiger partial charge in [-0.3, -0.25) is 0 Å². The average Bonchev–Trinajstić information content (AvgIpc) is 3.19. The number of nitrogens with zero attached hydrogens (tertiary/aromatic N) is 2. The standard InChI is InChI=1S/C25H28F7N3O/c1-14-9-20(26)5-6-21(14)22-16(13-33-3)7-8-35(22)23(36)34(4)15(2)17-10-18(24(27,28)29)12-19(11-17)25(30,31)32/h5-6,9-12,15-16,22,33H,7-8,13H2,1-4H3. The van der Waals surface area contributed by atoms with E-state index in [0.29, 0.717) is 37.2 Å². The van der Waals surface area contributed by atoms with Crippen molar-refractivity contribution in [1.29, 1.82) is 0 Å². The van der Waals surface area contributed by atoms with Crippen LogP contribution in [0.5, 0.6) is 0 Å². The molecule has 2 aromatic carbocycles. The molecular weight excluding hydrogens is 491 g/mol. The largest absolute Gasteiger partial charge is 0.416 e. The number of halogens is 7. The Morgan fingerprint density at radius 1 is 1.08 bits per heavy atom. The summed E-state index contributed by atoms with van der Waals surface area (Å²) in [5.74, 6) is -0.440. The molecule has 0 aliphatic carbocycles. The minimum Gasteiger partial charge on any atom is -0.321 e. The zero-order valence-electron chi connectivity index (χ0n) is 20.3. The van der Waals surface area contributed by atoms with Crippen LogP contribution >= 0.6 is 0 Å². The average molecular weight is 520 g/mol. The number of nitrogens with one attached hydrogen (secondary N) is 1. The van der Waals surface area contributed by atoms with E-state index in [1.165, 1.54) is 26.1 Å². The molecule has 11 heteroatoms. The summed E-state index contributed by atoms with van der Waals surface area (Å²) >= 11 is 0. The van der Waals surface area contributed by atoms with Gasteiger partial charge in [-0.15, -0.1) is 0 Å². The Balaban J connectivity index is 1.97. The molecule has 1 aliphatic heterocycles. The van der Waals surface area contributed by atoms with Crippen molar-refractivity contribution in [3.05, 3.63) is 70.0 Å². The monoisotopic (exact) mass is 519 g/mol. The molecule has 1 fully saturated rings. The summed E-state index contributed by atoms with van der Waals surface area (Å²) in [6.45, 7) is 4.00. The van der Waals surface area contributed by atoms with Crippen molar-refractivity contribution in [3.8, 4) is 0 Å². The van der Waals surface area contributed by atoms with Crippen molar-refractivity contribution >= 4 is 6.03 Å². The topological polar surface area (TPSA) is 35.6 Å². The highest BCUT2D eigenvalue weighted by Gasteiger charge is 2.41. The van der Waals surface area contributed by atoms with E-state index in [2.05, 4.69) is 5.32 Å². The fourth-order valence-electron chi connectivity index (χ4n) is 4.75. The summed E-state index contributed by atoms with van der Waals surface area (Å²) in [6.07, 6.45) is -9.35. The van der Waals surface area contributed by atoms with E-state index < -0.39 is 47.4 Å². The van der Waals surface area contributed by atoms with Gasteiger partial charge in [0.25, 0.3) is 0 Å². The van der Waals surface area contributed by atoms with Crippen LogP contribution in [0.15, 0.2) is 36.4 Å². The van der Waals surface area contributed by atoms with Crippen LogP contribution in [0.4, 0.5) is 35.5 Å². The third-order valence-corrected chi connectivity index (χ3v) is 6.76. The van der Waals surface area contributed by atoms with E-state index in [4.69, 9.17) is 0 Å². The maximum absolute atomic E-state index is 13.7. The third-order valence-electron chi connectivity index (χ3n) is 6.76. The molecule has 1 saturated heterocycles. The molecule has 3 atom stereocenters. The summed E-state index contributed by atoms with van der Waals surface area (Å²) in [7, 11) is 3.11. The van der Waals surface area contributed by atoms with Gasteiger partial charge >= 0.3 is 18.4 Å². The fraction of sp³-hybridized carbons (Fsp3) is 0.480. The van der Waals surface area contributed by atoms with Crippen molar-refractivity contribution in [3.63, 3.8) is 0 Å². The summed E-state index contributed by atoms with van der Waals surface area (Å²) in [4.78, 5) is 16.2. The van der Waals surface area contributed by atoms with Crippen LogP contribution in [0.1, 0.15) is 53.2 Å². The van der Waals surface area contributed by atoms with E-state index in [1.807, 2.05) is 0 Å². The number of alkyl halides is 6. The molecule has 1 heterocycles. The van der Waals surface area contributed by atoms with Gasteiger partial charge in [0.1, 0.15) is 5.82 Å². The molecule has 0 saturated carbocycles. The summed E-state index contributed by atoms with van der Waals surface area (Å²) in [6, 6.07) is 3.54. The fourth-order valence-corrected chi connectivity index (χ4v) is 4.75. The number of likely N-dealkylation sites (tertiary alicyclic amines) is 1. The molecule has 0 aromatic heterocycles. The Morgan fingerprint density at radius 2 is 1.67 bits per heavy atom. The van der Waals surface area contributed by atoms with Gasteiger partial charge in [-0.05, 0) is 80.3 Å². The first kappa shape index (κ1) is 27.8. The minimum absolute atomic E-state index is 0.0165. The molecule has 0 radical (unpaired) electrons. The molecular formula is C25H28F7N3O. The van der Waals surface area contributed by atoms with E-state index in [9.17, 15) is 35.5 Å². The predicted molar refractivity (Wildman–Crippen MR) is 121 cm³/mol. The Labute approximate surface area is 205 Å². The van der Waals surface area contributed by atoms with Gasteiger partial charge in [-0.25, -0.2) is 9.18 Å². The quantitative estimate of drug-likeness (QED) is 0.454. The molecule has 3 rings (SSSR count). The lowest BCUT2D eigenvalue weighted by Gasteiger charge is -2.35. The molecule has 0 bridgehead atoms. The highest BCUT2D eigenvalue weighted by molar-refractivity contribution is 5.76. The molecule has 1 aliphatic rings. The predicted octanol–water partition coefficient (Wildman–Crippen LogP) is 6.57. The van der Waals surface area contributed by atoms with Crippen LogP contribution in [0.2, 0.25) is 0 Å². The van der Waals surface area contributed by atoms with Crippen molar-refractivity contribution in [1.82, 2.24) is 15.1 Å². The number of urea groups is 1. The molecule has 3 unspecified atom stereocenters. The second-order valence-electron chi connectivity index (χ2n) is 9.15. The molecule has 4 nitrogen and oxygen atoms in total. The van der Waals surface area contributed by atoms with Crippen LogP contribution in [0.25, 0.3) is 0 Å². The van der Waals surface area contributed by atoms with Gasteiger partial charge in [0.2, 0.25) is 0 Å². The number of aryl methyl sites for hydroxylation is 1. The van der Waals surface area contributed by atoms with E-state index in [1.54, 1.807) is 24.9 Å². The highest BCUT2D eigenvalue weighted by atomic mass is 19.4. The Hall–Kier alpha value is -2.82. The third kappa shape index (κ3) is 5.77. The van der Waals surface area contributed by atoms with Crippen LogP contribution in [0.3, 0.4) is 0 Å². The minimum atomic E-state index is -4.99. The molecule has 2 aromatic rings. The highest BCUT2D eigenvalue weighted by Crippen LogP contribution is 2.41. The second-order valence-corrected chi connectivity index (χ2v) is 9.15. The summed E-state index contributed by atoms with van der Waals surface area (Å²) < 4.78 is 93.7. The van der Waals surface area contributed by atoms with Gasteiger partial charge in [-0.1, -0.05) is 6.07 Å². The number of benzene rings is 2. The SMILES string of the molecule is CNCC1CCN(C(=O)N(C)C(C)c2cc(C(F)(F)F)cc(C(F)(F)F)c2)C1c1ccc(F)cc1C.